The van der Waals surface area contributed by atoms with Gasteiger partial charge in [-0.3, -0.25) is 9.48 Å². The number of carbonyl (C=O) groups excluding carboxylic acids is 1. The summed E-state index contributed by atoms with van der Waals surface area (Å²) in [5, 5.41) is 5.06. The van der Waals surface area contributed by atoms with Crippen LogP contribution in [0.3, 0.4) is 0 Å². The number of aromatic nitrogens is 2. The van der Waals surface area contributed by atoms with Crippen LogP contribution in [0.1, 0.15) is 49.4 Å². The molecule has 3 rings (SSSR count). The third-order valence-corrected chi connectivity index (χ3v) is 5.13. The molecule has 2 unspecified atom stereocenters. The summed E-state index contributed by atoms with van der Waals surface area (Å²) in [6, 6.07) is 0.101. The van der Waals surface area contributed by atoms with Gasteiger partial charge in [-0.2, -0.15) is 5.10 Å². The van der Waals surface area contributed by atoms with Crippen LogP contribution in [-0.4, -0.2) is 27.1 Å². The molecule has 0 N–H and O–H groups in total. The van der Waals surface area contributed by atoms with Gasteiger partial charge in [-0.1, -0.05) is 23.8 Å². The summed E-state index contributed by atoms with van der Waals surface area (Å²) in [6.45, 7) is 2.82. The summed E-state index contributed by atoms with van der Waals surface area (Å²) in [5.74, 6) is 0.438. The first kappa shape index (κ1) is 14.6. The van der Waals surface area contributed by atoms with Crippen molar-refractivity contribution in [1.82, 2.24) is 14.7 Å². The fraction of sp³-hybridized carbons (Fsp3) is 0.625. The Morgan fingerprint density at radius 2 is 2.19 bits per heavy atom. The molecule has 0 saturated carbocycles. The number of nitrogens with zero attached hydrogens (tertiary/aromatic N) is 3. The van der Waals surface area contributed by atoms with E-state index in [0.29, 0.717) is 11.1 Å². The summed E-state index contributed by atoms with van der Waals surface area (Å²) in [6.07, 6.45) is 9.21. The molecule has 1 fully saturated rings. The molecule has 21 heavy (non-hydrogen) atoms. The van der Waals surface area contributed by atoms with E-state index in [1.54, 1.807) is 4.68 Å². The van der Waals surface area contributed by atoms with Crippen LogP contribution in [0.5, 0.6) is 0 Å². The molecule has 5 heteroatoms. The lowest BCUT2D eigenvalue weighted by Crippen LogP contribution is -2.36. The van der Waals surface area contributed by atoms with Crippen LogP contribution >= 0.6 is 11.6 Å². The Balaban J connectivity index is 1.85. The van der Waals surface area contributed by atoms with Crippen LogP contribution in [0, 0.1) is 12.8 Å². The number of aryl methyl sites for hydroxylation is 2. The summed E-state index contributed by atoms with van der Waals surface area (Å²) < 4.78 is 1.70. The molecule has 1 aromatic rings. The zero-order valence-corrected chi connectivity index (χ0v) is 13.4. The topological polar surface area (TPSA) is 38.1 Å². The third-order valence-electron chi connectivity index (χ3n) is 4.68. The molecule has 2 aliphatic rings. The van der Waals surface area contributed by atoms with Crippen molar-refractivity contribution in [2.45, 2.75) is 45.1 Å². The molecule has 1 aliphatic heterocycles. The van der Waals surface area contributed by atoms with Crippen LogP contribution in [0.2, 0.25) is 5.15 Å². The highest BCUT2D eigenvalue weighted by atomic mass is 35.5. The van der Waals surface area contributed by atoms with Gasteiger partial charge in [-0.25, -0.2) is 0 Å². The first-order chi connectivity index (χ1) is 10.1. The van der Waals surface area contributed by atoms with Crippen molar-refractivity contribution >= 4 is 17.5 Å². The maximum absolute atomic E-state index is 12.8. The minimum absolute atomic E-state index is 0.101. The van der Waals surface area contributed by atoms with E-state index in [1.165, 1.54) is 0 Å². The molecule has 0 radical (unpaired) electrons. The van der Waals surface area contributed by atoms with Gasteiger partial charge < -0.3 is 4.90 Å². The average Bonchev–Trinajstić information content (AvgIpc) is 3.05. The van der Waals surface area contributed by atoms with Gasteiger partial charge in [0.05, 0.1) is 11.7 Å². The van der Waals surface area contributed by atoms with Gasteiger partial charge >= 0.3 is 0 Å². The fourth-order valence-corrected chi connectivity index (χ4v) is 3.91. The highest BCUT2D eigenvalue weighted by Gasteiger charge is 2.36. The summed E-state index contributed by atoms with van der Waals surface area (Å²) in [7, 11) is 1.85. The number of hydrogen-bond acceptors (Lipinski definition) is 2. The maximum Gasteiger partial charge on any atom is 0.226 e. The van der Waals surface area contributed by atoms with Gasteiger partial charge in [0, 0.05) is 25.1 Å². The van der Waals surface area contributed by atoms with Crippen molar-refractivity contribution in [1.29, 1.82) is 0 Å². The Labute approximate surface area is 130 Å². The monoisotopic (exact) mass is 307 g/mol. The minimum Gasteiger partial charge on any atom is -0.335 e. The summed E-state index contributed by atoms with van der Waals surface area (Å²) >= 11 is 6.40. The van der Waals surface area contributed by atoms with E-state index in [0.717, 1.165) is 49.9 Å². The quantitative estimate of drug-likeness (QED) is 0.785. The van der Waals surface area contributed by atoms with Crippen LogP contribution in [-0.2, 0) is 11.8 Å². The molecule has 1 aromatic heterocycles. The highest BCUT2D eigenvalue weighted by molar-refractivity contribution is 6.30. The molecule has 0 aromatic carbocycles. The van der Waals surface area contributed by atoms with Crippen molar-refractivity contribution in [3.63, 3.8) is 0 Å². The van der Waals surface area contributed by atoms with E-state index in [1.807, 2.05) is 18.9 Å². The predicted octanol–water partition coefficient (Wildman–Crippen LogP) is 3.40. The second-order valence-electron chi connectivity index (χ2n) is 6.08. The first-order valence-corrected chi connectivity index (χ1v) is 8.12. The molecule has 2 heterocycles. The zero-order chi connectivity index (χ0) is 15.0. The van der Waals surface area contributed by atoms with E-state index in [2.05, 4.69) is 17.3 Å². The first-order valence-electron chi connectivity index (χ1n) is 7.74. The normalized spacial score (nSPS) is 25.6. The number of amides is 1. The van der Waals surface area contributed by atoms with Crippen molar-refractivity contribution in [2.75, 3.05) is 6.54 Å². The number of allylic oxidation sites excluding steroid dienone is 2. The van der Waals surface area contributed by atoms with E-state index >= 15 is 0 Å². The van der Waals surface area contributed by atoms with Crippen molar-refractivity contribution in [3.8, 4) is 0 Å². The Bertz CT molecular complexity index is 578. The van der Waals surface area contributed by atoms with Crippen LogP contribution in [0.4, 0.5) is 0 Å². The number of likely N-dealkylation sites (tertiary alicyclic amines) is 1. The second kappa shape index (κ2) is 5.84. The Hall–Kier alpha value is -1.29. The molecule has 2 atom stereocenters. The Kier molecular flexibility index (Phi) is 4.07. The smallest absolute Gasteiger partial charge is 0.226 e. The largest absolute Gasteiger partial charge is 0.335 e. The van der Waals surface area contributed by atoms with Gasteiger partial charge in [-0.05, 0) is 39.0 Å². The third kappa shape index (κ3) is 2.61. The minimum atomic E-state index is 0.101. The maximum atomic E-state index is 12.8. The molecule has 4 nitrogen and oxygen atoms in total. The predicted molar refractivity (Wildman–Crippen MR) is 83.1 cm³/mol. The van der Waals surface area contributed by atoms with Crippen LogP contribution in [0.25, 0.3) is 0 Å². The number of carbonyl (C=O) groups is 1. The Morgan fingerprint density at radius 3 is 2.81 bits per heavy atom. The van der Waals surface area contributed by atoms with Crippen LogP contribution < -0.4 is 0 Å². The van der Waals surface area contributed by atoms with Gasteiger partial charge in [0.2, 0.25) is 5.91 Å². The number of rotatable bonds is 2. The van der Waals surface area contributed by atoms with Crippen molar-refractivity contribution in [2.24, 2.45) is 13.0 Å². The standard InChI is InChI=1S/C16H22ClN3O/c1-11-14(15(17)19(2)18-11)13-9-6-10-20(13)16(21)12-7-4-3-5-8-12/h3-4,12-13H,5-10H2,1-2H3. The Morgan fingerprint density at radius 1 is 1.38 bits per heavy atom. The molecule has 114 valence electrons. The molecular weight excluding hydrogens is 286 g/mol. The summed E-state index contributed by atoms with van der Waals surface area (Å²) in [5.41, 5.74) is 1.98. The molecular formula is C16H22ClN3O. The molecule has 1 aliphatic carbocycles. The van der Waals surface area contributed by atoms with Crippen LogP contribution in [0.15, 0.2) is 12.2 Å². The lowest BCUT2D eigenvalue weighted by molar-refractivity contribution is -0.136. The van der Waals surface area contributed by atoms with Gasteiger partial charge in [0.25, 0.3) is 0 Å². The van der Waals surface area contributed by atoms with E-state index < -0.39 is 0 Å². The fourth-order valence-electron chi connectivity index (χ4n) is 3.61. The van der Waals surface area contributed by atoms with E-state index in [9.17, 15) is 4.79 Å². The van der Waals surface area contributed by atoms with Gasteiger partial charge in [0.1, 0.15) is 5.15 Å². The van der Waals surface area contributed by atoms with Crippen molar-refractivity contribution < 1.29 is 4.79 Å². The van der Waals surface area contributed by atoms with E-state index in [4.69, 9.17) is 11.6 Å². The van der Waals surface area contributed by atoms with Crippen molar-refractivity contribution in [3.05, 3.63) is 28.6 Å². The molecule has 1 saturated heterocycles. The number of halogens is 1. The van der Waals surface area contributed by atoms with Gasteiger partial charge in [0.15, 0.2) is 0 Å². The lowest BCUT2D eigenvalue weighted by atomic mass is 9.92. The second-order valence-corrected chi connectivity index (χ2v) is 6.44. The van der Waals surface area contributed by atoms with Gasteiger partial charge in [-0.15, -0.1) is 0 Å². The molecule has 0 spiro atoms. The van der Waals surface area contributed by atoms with E-state index in [-0.39, 0.29) is 12.0 Å². The highest BCUT2D eigenvalue weighted by Crippen LogP contribution is 2.39. The molecule has 1 amide bonds. The number of hydrogen-bond donors (Lipinski definition) is 0. The molecule has 0 bridgehead atoms. The zero-order valence-electron chi connectivity index (χ0n) is 12.7. The SMILES string of the molecule is Cc1nn(C)c(Cl)c1C1CCCN1C(=O)C1CC=CCC1. The average molecular weight is 308 g/mol. The summed E-state index contributed by atoms with van der Waals surface area (Å²) in [4.78, 5) is 14.9. The lowest BCUT2D eigenvalue weighted by Gasteiger charge is -2.29.